The number of amides is 1. The van der Waals surface area contributed by atoms with Crippen LogP contribution < -0.4 is 33.3 Å². The third-order valence-corrected chi connectivity index (χ3v) is 8.86. The van der Waals surface area contributed by atoms with Crippen LogP contribution in [-0.2, 0) is 33.3 Å². The molecule has 4 aliphatic rings. The molecule has 0 aromatic carbocycles. The van der Waals surface area contributed by atoms with Crippen molar-refractivity contribution in [1.82, 2.24) is 16.0 Å². The lowest BCUT2D eigenvalue weighted by Crippen LogP contribution is -2.70. The molecule has 1 aliphatic carbocycles. The molecule has 0 spiro atoms. The van der Waals surface area contributed by atoms with Crippen molar-refractivity contribution in [3.8, 4) is 0 Å². The molecule has 3 saturated heterocycles. The monoisotopic (exact) mass is 640 g/mol. The summed E-state index contributed by atoms with van der Waals surface area (Å²) in [5.41, 5.74) is 11.9. The topological polar surface area (TPSA) is 308 Å². The molecule has 17 atom stereocenters. The maximum Gasteiger partial charge on any atom is 0.239 e. The number of nitrogens with two attached hydrogens (primary N) is 3. The van der Waals surface area contributed by atoms with Gasteiger partial charge in [0, 0.05) is 6.04 Å². The number of likely N-dealkylation sites (N-methyl/N-ethyl adjacent to an activating group) is 2. The molecule has 0 aromatic rings. The first kappa shape index (κ1) is 35.6. The number of ether oxygens (including phenoxy) is 5. The zero-order chi connectivity index (χ0) is 32.3. The molecule has 11 unspecified atom stereocenters. The first-order chi connectivity index (χ1) is 21.0. The van der Waals surface area contributed by atoms with Crippen molar-refractivity contribution in [3.63, 3.8) is 0 Å². The highest BCUT2D eigenvalue weighted by atomic mass is 16.8. The van der Waals surface area contributed by atoms with E-state index in [9.17, 15) is 30.3 Å². The van der Waals surface area contributed by atoms with E-state index in [1.807, 2.05) is 0 Å². The van der Waals surface area contributed by atoms with Gasteiger partial charge in [0.1, 0.15) is 54.9 Å². The van der Waals surface area contributed by atoms with E-state index >= 15 is 0 Å². The Balaban J connectivity index is 1.43. The fourth-order valence-electron chi connectivity index (χ4n) is 6.25. The number of aliphatic hydroxyl groups excluding tert-OH is 6. The Morgan fingerprint density at radius 1 is 0.909 bits per heavy atom. The highest BCUT2D eigenvalue weighted by Crippen LogP contribution is 2.36. The zero-order valence-corrected chi connectivity index (χ0v) is 24.6. The van der Waals surface area contributed by atoms with E-state index in [-0.39, 0.29) is 12.5 Å². The number of hydrogen-bond acceptors (Lipinski definition) is 18. The molecular formula is C25H48N6O13. The van der Waals surface area contributed by atoms with E-state index in [1.165, 1.54) is 0 Å². The van der Waals surface area contributed by atoms with Gasteiger partial charge < -0.3 is 81.7 Å². The largest absolute Gasteiger partial charge is 0.394 e. The molecule has 0 bridgehead atoms. The Morgan fingerprint density at radius 3 is 2.25 bits per heavy atom. The minimum absolute atomic E-state index is 0.154. The predicted molar refractivity (Wildman–Crippen MR) is 147 cm³/mol. The average molecular weight is 641 g/mol. The van der Waals surface area contributed by atoms with Gasteiger partial charge in [0.15, 0.2) is 18.9 Å². The average Bonchev–Trinajstić information content (AvgIpc) is 3.01. The molecule has 4 fully saturated rings. The van der Waals surface area contributed by atoms with Gasteiger partial charge >= 0.3 is 0 Å². The van der Waals surface area contributed by atoms with Crippen LogP contribution in [-0.4, -0.2) is 168 Å². The van der Waals surface area contributed by atoms with Crippen LogP contribution in [0.5, 0.6) is 0 Å². The number of nitrogens with one attached hydrogen (secondary N) is 3. The Bertz CT molecular complexity index is 926. The van der Waals surface area contributed by atoms with Gasteiger partial charge in [-0.1, -0.05) is 0 Å². The van der Waals surface area contributed by atoms with Gasteiger partial charge in [-0.15, -0.1) is 0 Å². The third-order valence-electron chi connectivity index (χ3n) is 8.86. The van der Waals surface area contributed by atoms with E-state index in [1.54, 1.807) is 14.1 Å². The maximum atomic E-state index is 12.2. The second kappa shape index (κ2) is 15.6. The highest BCUT2D eigenvalue weighted by Gasteiger charge is 2.54. The van der Waals surface area contributed by atoms with Crippen LogP contribution in [0.25, 0.3) is 0 Å². The molecule has 3 aliphatic heterocycles. The normalized spacial score (nSPS) is 47.1. The summed E-state index contributed by atoms with van der Waals surface area (Å²) in [7, 11) is 3.28. The van der Waals surface area contributed by atoms with Crippen LogP contribution in [0.2, 0.25) is 0 Å². The van der Waals surface area contributed by atoms with Gasteiger partial charge in [-0.25, -0.2) is 5.90 Å². The fraction of sp³-hybridized carbons (Fsp3) is 0.960. The van der Waals surface area contributed by atoms with E-state index in [0.29, 0.717) is 12.8 Å². The number of rotatable bonds is 11. The van der Waals surface area contributed by atoms with Crippen molar-refractivity contribution in [2.24, 2.45) is 17.4 Å². The van der Waals surface area contributed by atoms with Gasteiger partial charge in [-0.2, -0.15) is 0 Å². The Kier molecular flexibility index (Phi) is 12.6. The molecule has 1 saturated carbocycles. The predicted octanol–water partition coefficient (Wildman–Crippen LogP) is -7.25. The lowest BCUT2D eigenvalue weighted by atomic mass is 9.87. The summed E-state index contributed by atoms with van der Waals surface area (Å²) < 4.78 is 29.9. The standard InChI is InChI=1S/C25H48N6O13/c1-29-10-3-4-11(44-28)16(34)20(10)41-23-8(26)5-12-21(42-23)18(36)15(30-2)24(39-12)43-25-19(37)17(35)14(13(7-33)40-25)31-22(38)9(27)6-32/h8-21,23-25,29-30,32-37H,3-7,26-28H2,1-2H3,(H,31,38)/t8?,9-,10?,11?,12-,13?,14+,15?,16?,17?,18?,19?,20+,21?,23-,24?,25+/m0/s1. The first-order valence-corrected chi connectivity index (χ1v) is 14.7. The van der Waals surface area contributed by atoms with Crippen molar-refractivity contribution in [1.29, 1.82) is 0 Å². The SMILES string of the molecule is CNC1C(O[C@H]2OC(CO)[C@@H](NC(=O)[C@@H](N)CO)C(O)C2O)O[C@H]2CC(N)[C@@H](O[C@@H]3C(NC)CCC(ON)C3O)OC2C1O. The van der Waals surface area contributed by atoms with E-state index < -0.39 is 117 Å². The summed E-state index contributed by atoms with van der Waals surface area (Å²) in [5.74, 6) is 4.53. The van der Waals surface area contributed by atoms with Crippen molar-refractivity contribution in [2.45, 2.75) is 123 Å². The summed E-state index contributed by atoms with van der Waals surface area (Å²) in [6.07, 6.45) is -12.6. The molecule has 1 amide bonds. The summed E-state index contributed by atoms with van der Waals surface area (Å²) in [6, 6.07) is -4.49. The molecular weight excluding hydrogens is 592 g/mol. The van der Waals surface area contributed by atoms with Gasteiger partial charge in [-0.3, -0.25) is 9.63 Å². The zero-order valence-electron chi connectivity index (χ0n) is 24.6. The van der Waals surface area contributed by atoms with Gasteiger partial charge in [0.25, 0.3) is 0 Å². The summed E-state index contributed by atoms with van der Waals surface area (Å²) >= 11 is 0. The maximum absolute atomic E-state index is 12.2. The van der Waals surface area contributed by atoms with E-state index in [0.717, 1.165) is 0 Å². The van der Waals surface area contributed by atoms with Crippen molar-refractivity contribution >= 4 is 5.91 Å². The minimum Gasteiger partial charge on any atom is -0.394 e. The molecule has 4 rings (SSSR count). The minimum atomic E-state index is -1.73. The molecule has 19 nitrogen and oxygen atoms in total. The molecule has 19 heteroatoms. The Morgan fingerprint density at radius 2 is 1.64 bits per heavy atom. The van der Waals surface area contributed by atoms with Gasteiger partial charge in [-0.05, 0) is 33.4 Å². The fourth-order valence-corrected chi connectivity index (χ4v) is 6.25. The number of aliphatic hydroxyl groups is 6. The number of hydrogen-bond donors (Lipinski definition) is 12. The van der Waals surface area contributed by atoms with Crippen molar-refractivity contribution in [3.05, 3.63) is 0 Å². The molecule has 0 radical (unpaired) electrons. The quantitative estimate of drug-likeness (QED) is 0.0933. The van der Waals surface area contributed by atoms with E-state index in [4.69, 9.17) is 51.0 Å². The Labute approximate surface area is 254 Å². The van der Waals surface area contributed by atoms with Crippen molar-refractivity contribution in [2.75, 3.05) is 27.3 Å². The smallest absolute Gasteiger partial charge is 0.239 e. The second-order valence-corrected chi connectivity index (χ2v) is 11.6. The van der Waals surface area contributed by atoms with Gasteiger partial charge in [0.2, 0.25) is 5.91 Å². The van der Waals surface area contributed by atoms with Crippen LogP contribution in [0.3, 0.4) is 0 Å². The summed E-state index contributed by atoms with van der Waals surface area (Å²) in [4.78, 5) is 17.1. The second-order valence-electron chi connectivity index (χ2n) is 11.6. The number of carbonyl (C=O) groups excluding carboxylic acids is 1. The van der Waals surface area contributed by atoms with Crippen LogP contribution in [0, 0.1) is 0 Å². The first-order valence-electron chi connectivity index (χ1n) is 14.7. The number of carbonyl (C=O) groups is 1. The van der Waals surface area contributed by atoms with Crippen LogP contribution in [0.15, 0.2) is 0 Å². The lowest BCUT2D eigenvalue weighted by Gasteiger charge is -2.51. The summed E-state index contributed by atoms with van der Waals surface area (Å²) in [5, 5.41) is 71.1. The lowest BCUT2D eigenvalue weighted by molar-refractivity contribution is -0.373. The highest BCUT2D eigenvalue weighted by molar-refractivity contribution is 5.82. The van der Waals surface area contributed by atoms with E-state index in [2.05, 4.69) is 16.0 Å². The summed E-state index contributed by atoms with van der Waals surface area (Å²) in [6.45, 7) is -1.34. The molecule has 44 heavy (non-hydrogen) atoms. The van der Waals surface area contributed by atoms with Crippen LogP contribution in [0.4, 0.5) is 0 Å². The van der Waals surface area contributed by atoms with Crippen LogP contribution in [0.1, 0.15) is 19.3 Å². The Hall–Kier alpha value is -1.21. The molecule has 15 N–H and O–H groups in total. The van der Waals surface area contributed by atoms with Crippen molar-refractivity contribution < 1.29 is 64.0 Å². The molecule has 0 aromatic heterocycles. The molecule has 3 heterocycles. The van der Waals surface area contributed by atoms with Crippen LogP contribution >= 0.6 is 0 Å². The number of fused-ring (bicyclic) bond motifs is 1. The van der Waals surface area contributed by atoms with Gasteiger partial charge in [0.05, 0.1) is 37.4 Å². The molecule has 256 valence electrons. The third kappa shape index (κ3) is 7.34.